The number of fused-ring (bicyclic) bond motifs is 1. The number of ether oxygens (including phenoxy) is 1. The van der Waals surface area contributed by atoms with Gasteiger partial charge < -0.3 is 14.8 Å². The number of nitrogens with one attached hydrogen (secondary N) is 1. The number of H-pyrrole nitrogens is 1. The first-order valence-electron chi connectivity index (χ1n) is 4.32. The first-order chi connectivity index (χ1) is 7.54. The Morgan fingerprint density at radius 3 is 2.69 bits per heavy atom. The number of benzene rings is 1. The van der Waals surface area contributed by atoms with Crippen molar-refractivity contribution in [2.24, 2.45) is 0 Å². The molecule has 0 aliphatic rings. The van der Waals surface area contributed by atoms with Crippen LogP contribution in [-0.2, 0) is 0 Å². The van der Waals surface area contributed by atoms with Crippen LogP contribution in [0.2, 0.25) is 10.2 Å². The highest BCUT2D eigenvalue weighted by molar-refractivity contribution is 6.36. The molecule has 6 heteroatoms. The Morgan fingerprint density at radius 2 is 2.12 bits per heavy atom. The summed E-state index contributed by atoms with van der Waals surface area (Å²) in [5.74, 6) is -0.687. The highest BCUT2D eigenvalue weighted by atomic mass is 35.5. The first kappa shape index (κ1) is 11.1. The van der Waals surface area contributed by atoms with Crippen molar-refractivity contribution in [3.05, 3.63) is 27.9 Å². The molecule has 0 fully saturated rings. The van der Waals surface area contributed by atoms with Crippen molar-refractivity contribution < 1.29 is 14.6 Å². The SMILES string of the molecule is COc1cc2c(C(=O)O)c(Cl)[nH]c2cc1Cl. The molecule has 84 valence electrons. The van der Waals surface area contributed by atoms with Gasteiger partial charge in [0.25, 0.3) is 0 Å². The van der Waals surface area contributed by atoms with Crippen LogP contribution >= 0.6 is 23.2 Å². The molecule has 2 rings (SSSR count). The number of halogens is 2. The summed E-state index contributed by atoms with van der Waals surface area (Å²) in [6.07, 6.45) is 0. The van der Waals surface area contributed by atoms with E-state index in [0.717, 1.165) is 0 Å². The maximum atomic E-state index is 11.0. The Labute approximate surface area is 101 Å². The van der Waals surface area contributed by atoms with Crippen molar-refractivity contribution in [2.45, 2.75) is 0 Å². The van der Waals surface area contributed by atoms with Gasteiger partial charge in [0, 0.05) is 10.9 Å². The van der Waals surface area contributed by atoms with Crippen molar-refractivity contribution in [1.29, 1.82) is 0 Å². The molecule has 2 N–H and O–H groups in total. The molecular weight excluding hydrogens is 253 g/mol. The molecule has 0 radical (unpaired) electrons. The van der Waals surface area contributed by atoms with E-state index in [1.807, 2.05) is 0 Å². The number of rotatable bonds is 2. The van der Waals surface area contributed by atoms with Crippen molar-refractivity contribution >= 4 is 40.1 Å². The number of hydrogen-bond donors (Lipinski definition) is 2. The van der Waals surface area contributed by atoms with E-state index in [4.69, 9.17) is 33.0 Å². The van der Waals surface area contributed by atoms with Gasteiger partial charge >= 0.3 is 5.97 Å². The molecule has 0 bridgehead atoms. The predicted octanol–water partition coefficient (Wildman–Crippen LogP) is 3.18. The topological polar surface area (TPSA) is 62.3 Å². The minimum absolute atomic E-state index is 0.0200. The third-order valence-electron chi connectivity index (χ3n) is 2.24. The van der Waals surface area contributed by atoms with Crippen LogP contribution in [0.3, 0.4) is 0 Å². The van der Waals surface area contributed by atoms with Crippen molar-refractivity contribution in [1.82, 2.24) is 4.98 Å². The second kappa shape index (κ2) is 3.88. The fraction of sp³-hybridized carbons (Fsp3) is 0.100. The van der Waals surface area contributed by atoms with E-state index in [-0.39, 0.29) is 10.7 Å². The third-order valence-corrected chi connectivity index (χ3v) is 2.82. The second-order valence-corrected chi connectivity index (χ2v) is 3.94. The van der Waals surface area contributed by atoms with Crippen molar-refractivity contribution in [3.8, 4) is 5.75 Å². The van der Waals surface area contributed by atoms with E-state index in [1.54, 1.807) is 12.1 Å². The van der Waals surface area contributed by atoms with Gasteiger partial charge in [0.2, 0.25) is 0 Å². The smallest absolute Gasteiger partial charge is 0.339 e. The van der Waals surface area contributed by atoms with Gasteiger partial charge in [-0.15, -0.1) is 0 Å². The summed E-state index contributed by atoms with van der Waals surface area (Å²) in [6, 6.07) is 3.12. The molecule has 0 unspecified atom stereocenters. The van der Waals surface area contributed by atoms with Crippen LogP contribution < -0.4 is 4.74 Å². The lowest BCUT2D eigenvalue weighted by Gasteiger charge is -2.02. The van der Waals surface area contributed by atoms with Crippen LogP contribution in [0.15, 0.2) is 12.1 Å². The van der Waals surface area contributed by atoms with Crippen molar-refractivity contribution in [2.75, 3.05) is 7.11 Å². The fourth-order valence-electron chi connectivity index (χ4n) is 1.53. The molecule has 16 heavy (non-hydrogen) atoms. The maximum absolute atomic E-state index is 11.0. The number of carboxylic acids is 1. The number of carboxylic acid groups (broad SMARTS) is 1. The summed E-state index contributed by atoms with van der Waals surface area (Å²) in [6.45, 7) is 0. The molecule has 0 spiro atoms. The molecule has 1 aromatic heterocycles. The molecular formula is C10H7Cl2NO3. The minimum Gasteiger partial charge on any atom is -0.495 e. The lowest BCUT2D eigenvalue weighted by atomic mass is 10.1. The molecule has 0 aliphatic carbocycles. The molecule has 0 atom stereocenters. The number of methoxy groups -OCH3 is 1. The number of hydrogen-bond acceptors (Lipinski definition) is 2. The summed E-state index contributed by atoms with van der Waals surface area (Å²) in [7, 11) is 1.46. The summed E-state index contributed by atoms with van der Waals surface area (Å²) in [5.41, 5.74) is 0.583. The largest absolute Gasteiger partial charge is 0.495 e. The Hall–Kier alpha value is -1.39. The summed E-state index contributed by atoms with van der Waals surface area (Å²) < 4.78 is 5.02. The third kappa shape index (κ3) is 1.60. The number of carbonyl (C=O) groups is 1. The number of aromatic carboxylic acids is 1. The maximum Gasteiger partial charge on any atom is 0.339 e. The van der Waals surface area contributed by atoms with Crippen LogP contribution in [0.25, 0.3) is 10.9 Å². The van der Waals surface area contributed by atoms with E-state index in [2.05, 4.69) is 4.98 Å². The second-order valence-electron chi connectivity index (χ2n) is 3.15. The van der Waals surface area contributed by atoms with Gasteiger partial charge in [-0.3, -0.25) is 0 Å². The van der Waals surface area contributed by atoms with Gasteiger partial charge in [-0.05, 0) is 12.1 Å². The molecule has 1 aromatic carbocycles. The summed E-state index contributed by atoms with van der Waals surface area (Å²) in [5, 5.41) is 9.95. The van der Waals surface area contributed by atoms with E-state index in [1.165, 1.54) is 7.11 Å². The van der Waals surface area contributed by atoms with E-state index in [0.29, 0.717) is 21.7 Å². The molecule has 0 saturated carbocycles. The van der Waals surface area contributed by atoms with Crippen LogP contribution in [-0.4, -0.2) is 23.2 Å². The fourth-order valence-corrected chi connectivity index (χ4v) is 2.05. The van der Waals surface area contributed by atoms with Crippen molar-refractivity contribution in [3.63, 3.8) is 0 Å². The standard InChI is InChI=1S/C10H7Cl2NO3/c1-16-7-2-4-6(3-5(7)11)13-9(12)8(4)10(14)15/h2-3,13H,1H3,(H,14,15). The quantitative estimate of drug-likeness (QED) is 0.871. The first-order valence-corrected chi connectivity index (χ1v) is 5.08. The number of aromatic nitrogens is 1. The minimum atomic E-state index is -1.10. The van der Waals surface area contributed by atoms with Crippen LogP contribution in [0, 0.1) is 0 Å². The molecule has 0 aliphatic heterocycles. The number of aromatic amines is 1. The Morgan fingerprint density at radius 1 is 1.44 bits per heavy atom. The zero-order valence-electron chi connectivity index (χ0n) is 8.17. The normalized spacial score (nSPS) is 10.7. The van der Waals surface area contributed by atoms with Gasteiger partial charge in [-0.25, -0.2) is 4.79 Å². The predicted molar refractivity (Wildman–Crippen MR) is 61.8 cm³/mol. The van der Waals surface area contributed by atoms with Gasteiger partial charge in [0.05, 0.1) is 12.1 Å². The zero-order valence-corrected chi connectivity index (χ0v) is 9.69. The summed E-state index contributed by atoms with van der Waals surface area (Å²) in [4.78, 5) is 13.7. The molecule has 4 nitrogen and oxygen atoms in total. The van der Waals surface area contributed by atoms with Gasteiger partial charge in [-0.2, -0.15) is 0 Å². The van der Waals surface area contributed by atoms with Crippen LogP contribution in [0.4, 0.5) is 0 Å². The van der Waals surface area contributed by atoms with Crippen LogP contribution in [0.1, 0.15) is 10.4 Å². The molecule has 2 aromatic rings. The van der Waals surface area contributed by atoms with E-state index >= 15 is 0 Å². The Bertz CT molecular complexity index is 577. The molecule has 1 heterocycles. The highest BCUT2D eigenvalue weighted by Gasteiger charge is 2.18. The average Bonchev–Trinajstić information content (AvgIpc) is 2.51. The zero-order chi connectivity index (χ0) is 11.9. The van der Waals surface area contributed by atoms with Gasteiger partial charge in [-0.1, -0.05) is 23.2 Å². The van der Waals surface area contributed by atoms with E-state index < -0.39 is 5.97 Å². The lowest BCUT2D eigenvalue weighted by molar-refractivity contribution is 0.0699. The lowest BCUT2D eigenvalue weighted by Crippen LogP contribution is -1.95. The highest BCUT2D eigenvalue weighted by Crippen LogP contribution is 2.34. The molecule has 0 saturated heterocycles. The van der Waals surface area contributed by atoms with E-state index in [9.17, 15) is 4.79 Å². The van der Waals surface area contributed by atoms with Gasteiger partial charge in [0.1, 0.15) is 16.5 Å². The van der Waals surface area contributed by atoms with Crippen LogP contribution in [0.5, 0.6) is 5.75 Å². The Kier molecular flexibility index (Phi) is 2.69. The summed E-state index contributed by atoms with van der Waals surface area (Å²) >= 11 is 11.7. The van der Waals surface area contributed by atoms with Gasteiger partial charge in [0.15, 0.2) is 0 Å². The monoisotopic (exact) mass is 259 g/mol. The average molecular weight is 260 g/mol. The Balaban J connectivity index is 2.82. The molecule has 0 amide bonds.